The predicted octanol–water partition coefficient (Wildman–Crippen LogP) is 1.75. The fourth-order valence-electron chi connectivity index (χ4n) is 1.80. The first-order valence-electron chi connectivity index (χ1n) is 5.05. The van der Waals surface area contributed by atoms with Crippen LogP contribution in [-0.4, -0.2) is 18.9 Å². The van der Waals surface area contributed by atoms with Crippen LogP contribution in [0.4, 0.5) is 0 Å². The van der Waals surface area contributed by atoms with Crippen LogP contribution in [-0.2, 0) is 4.79 Å². The molecule has 0 aromatic heterocycles. The van der Waals surface area contributed by atoms with Crippen LogP contribution in [0.1, 0.15) is 39.0 Å². The van der Waals surface area contributed by atoms with Gasteiger partial charge in [0.05, 0.1) is 0 Å². The van der Waals surface area contributed by atoms with Crippen molar-refractivity contribution in [1.82, 2.24) is 5.32 Å². The third kappa shape index (κ3) is 3.35. The first-order chi connectivity index (χ1) is 5.83. The molecule has 0 saturated carbocycles. The normalized spacial score (nSPS) is 23.9. The maximum Gasteiger partial charge on any atom is 0.133 e. The van der Waals surface area contributed by atoms with Gasteiger partial charge in [-0.25, -0.2) is 0 Å². The summed E-state index contributed by atoms with van der Waals surface area (Å²) in [5, 5.41) is 3.33. The third-order valence-electron chi connectivity index (χ3n) is 2.44. The largest absolute Gasteiger partial charge is 0.316 e. The van der Waals surface area contributed by atoms with Gasteiger partial charge in [-0.3, -0.25) is 4.79 Å². The van der Waals surface area contributed by atoms with Crippen molar-refractivity contribution in [3.05, 3.63) is 0 Å². The molecule has 12 heavy (non-hydrogen) atoms. The molecule has 70 valence electrons. The zero-order chi connectivity index (χ0) is 8.81. The number of piperidine rings is 1. The van der Waals surface area contributed by atoms with E-state index in [0.717, 1.165) is 32.4 Å². The van der Waals surface area contributed by atoms with E-state index >= 15 is 0 Å². The second-order valence-electron chi connectivity index (χ2n) is 3.71. The minimum atomic E-state index is 0.450. The Kier molecular flexibility index (Phi) is 4.30. The summed E-state index contributed by atoms with van der Waals surface area (Å²) in [6, 6.07) is 0. The molecule has 0 aromatic rings. The molecule has 2 heteroatoms. The Morgan fingerprint density at radius 1 is 1.58 bits per heavy atom. The summed E-state index contributed by atoms with van der Waals surface area (Å²) in [6.45, 7) is 4.25. The second-order valence-corrected chi connectivity index (χ2v) is 3.71. The molecule has 1 heterocycles. The Morgan fingerprint density at radius 3 is 3.00 bits per heavy atom. The van der Waals surface area contributed by atoms with E-state index in [0.29, 0.717) is 11.7 Å². The van der Waals surface area contributed by atoms with Gasteiger partial charge in [-0.1, -0.05) is 6.92 Å². The summed E-state index contributed by atoms with van der Waals surface area (Å²) >= 11 is 0. The third-order valence-corrected chi connectivity index (χ3v) is 2.44. The number of hydrogen-bond acceptors (Lipinski definition) is 2. The Hall–Kier alpha value is -0.370. The predicted molar refractivity (Wildman–Crippen MR) is 50.1 cm³/mol. The SMILES string of the molecule is CCCC(=O)CC1CCCNC1. The fraction of sp³-hybridized carbons (Fsp3) is 0.900. The maximum absolute atomic E-state index is 11.3. The van der Waals surface area contributed by atoms with Crippen molar-refractivity contribution < 1.29 is 4.79 Å². The number of carbonyl (C=O) groups is 1. The topological polar surface area (TPSA) is 29.1 Å². The number of carbonyl (C=O) groups excluding carboxylic acids is 1. The van der Waals surface area contributed by atoms with Crippen LogP contribution in [0.15, 0.2) is 0 Å². The van der Waals surface area contributed by atoms with Gasteiger partial charge in [0.1, 0.15) is 5.78 Å². The van der Waals surface area contributed by atoms with Crippen LogP contribution < -0.4 is 5.32 Å². The summed E-state index contributed by atoms with van der Waals surface area (Å²) in [6.07, 6.45) is 5.06. The van der Waals surface area contributed by atoms with Gasteiger partial charge in [-0.05, 0) is 38.3 Å². The summed E-state index contributed by atoms with van der Waals surface area (Å²) in [5.41, 5.74) is 0. The Morgan fingerprint density at radius 2 is 2.42 bits per heavy atom. The summed E-state index contributed by atoms with van der Waals surface area (Å²) in [5.74, 6) is 1.07. The van der Waals surface area contributed by atoms with Crippen LogP contribution in [0.3, 0.4) is 0 Å². The van der Waals surface area contributed by atoms with Crippen molar-refractivity contribution in [1.29, 1.82) is 0 Å². The number of Topliss-reactive ketones (excluding diaryl/α,β-unsaturated/α-hetero) is 1. The smallest absolute Gasteiger partial charge is 0.133 e. The molecular formula is C10H19NO. The van der Waals surface area contributed by atoms with Crippen molar-refractivity contribution in [3.63, 3.8) is 0 Å². The van der Waals surface area contributed by atoms with Crippen LogP contribution in [0, 0.1) is 5.92 Å². The fourth-order valence-corrected chi connectivity index (χ4v) is 1.80. The minimum absolute atomic E-state index is 0.450. The Balaban J connectivity index is 2.15. The number of nitrogens with one attached hydrogen (secondary N) is 1. The van der Waals surface area contributed by atoms with Gasteiger partial charge < -0.3 is 5.32 Å². The molecule has 0 bridgehead atoms. The molecule has 1 fully saturated rings. The monoisotopic (exact) mass is 169 g/mol. The highest BCUT2D eigenvalue weighted by Gasteiger charge is 2.15. The van der Waals surface area contributed by atoms with E-state index in [1.165, 1.54) is 12.8 Å². The Bertz CT molecular complexity index is 139. The van der Waals surface area contributed by atoms with E-state index in [4.69, 9.17) is 0 Å². The van der Waals surface area contributed by atoms with Crippen LogP contribution in [0.5, 0.6) is 0 Å². The molecule has 0 spiro atoms. The standard InChI is InChI=1S/C10H19NO/c1-2-4-10(12)7-9-5-3-6-11-8-9/h9,11H,2-8H2,1H3. The van der Waals surface area contributed by atoms with Gasteiger partial charge in [0.2, 0.25) is 0 Å². The zero-order valence-electron chi connectivity index (χ0n) is 7.94. The van der Waals surface area contributed by atoms with Gasteiger partial charge in [-0.15, -0.1) is 0 Å². The zero-order valence-corrected chi connectivity index (χ0v) is 7.94. The van der Waals surface area contributed by atoms with Gasteiger partial charge in [0.15, 0.2) is 0 Å². The molecule has 1 atom stereocenters. The lowest BCUT2D eigenvalue weighted by atomic mass is 9.93. The highest BCUT2D eigenvalue weighted by atomic mass is 16.1. The maximum atomic E-state index is 11.3. The molecule has 2 nitrogen and oxygen atoms in total. The van der Waals surface area contributed by atoms with Crippen LogP contribution in [0.25, 0.3) is 0 Å². The molecular weight excluding hydrogens is 150 g/mol. The Labute approximate surface area is 74.7 Å². The van der Waals surface area contributed by atoms with Gasteiger partial charge in [0, 0.05) is 12.8 Å². The van der Waals surface area contributed by atoms with Crippen molar-refractivity contribution in [3.8, 4) is 0 Å². The minimum Gasteiger partial charge on any atom is -0.316 e. The van der Waals surface area contributed by atoms with E-state index in [1.54, 1.807) is 0 Å². The van der Waals surface area contributed by atoms with Crippen molar-refractivity contribution in [2.24, 2.45) is 5.92 Å². The van der Waals surface area contributed by atoms with E-state index in [1.807, 2.05) is 0 Å². The first kappa shape index (κ1) is 9.72. The molecule has 1 rings (SSSR count). The molecule has 1 aliphatic heterocycles. The summed E-state index contributed by atoms with van der Waals surface area (Å²) < 4.78 is 0. The van der Waals surface area contributed by atoms with E-state index in [-0.39, 0.29) is 0 Å². The van der Waals surface area contributed by atoms with Crippen molar-refractivity contribution >= 4 is 5.78 Å². The van der Waals surface area contributed by atoms with Crippen LogP contribution >= 0.6 is 0 Å². The molecule has 1 saturated heterocycles. The number of hydrogen-bond donors (Lipinski definition) is 1. The lowest BCUT2D eigenvalue weighted by molar-refractivity contribution is -0.120. The van der Waals surface area contributed by atoms with E-state index in [2.05, 4.69) is 12.2 Å². The quantitative estimate of drug-likeness (QED) is 0.694. The first-order valence-corrected chi connectivity index (χ1v) is 5.05. The van der Waals surface area contributed by atoms with Crippen molar-refractivity contribution in [2.45, 2.75) is 39.0 Å². The second kappa shape index (κ2) is 5.31. The van der Waals surface area contributed by atoms with Gasteiger partial charge >= 0.3 is 0 Å². The number of rotatable bonds is 4. The lowest BCUT2D eigenvalue weighted by Crippen LogP contribution is -2.30. The average molecular weight is 169 g/mol. The highest BCUT2D eigenvalue weighted by molar-refractivity contribution is 5.78. The summed E-state index contributed by atoms with van der Waals surface area (Å²) in [4.78, 5) is 11.3. The molecule has 0 radical (unpaired) electrons. The lowest BCUT2D eigenvalue weighted by Gasteiger charge is -2.21. The van der Waals surface area contributed by atoms with E-state index in [9.17, 15) is 4.79 Å². The van der Waals surface area contributed by atoms with Gasteiger partial charge in [0.25, 0.3) is 0 Å². The molecule has 0 amide bonds. The van der Waals surface area contributed by atoms with E-state index < -0.39 is 0 Å². The number of ketones is 1. The molecule has 1 N–H and O–H groups in total. The highest BCUT2D eigenvalue weighted by Crippen LogP contribution is 2.15. The molecule has 1 unspecified atom stereocenters. The molecule has 1 aliphatic rings. The average Bonchev–Trinajstić information content (AvgIpc) is 2.06. The summed E-state index contributed by atoms with van der Waals surface area (Å²) in [7, 11) is 0. The van der Waals surface area contributed by atoms with Crippen LogP contribution in [0.2, 0.25) is 0 Å². The van der Waals surface area contributed by atoms with Gasteiger partial charge in [-0.2, -0.15) is 0 Å². The van der Waals surface area contributed by atoms with Crippen molar-refractivity contribution in [2.75, 3.05) is 13.1 Å². The molecule has 0 aliphatic carbocycles. The molecule has 0 aromatic carbocycles.